The molecule has 0 spiro atoms. The van der Waals surface area contributed by atoms with Crippen LogP contribution in [0.5, 0.6) is 0 Å². The molecule has 0 saturated carbocycles. The van der Waals surface area contributed by atoms with Crippen LogP contribution in [0.25, 0.3) is 0 Å². The van der Waals surface area contributed by atoms with E-state index in [-0.39, 0.29) is 11.3 Å². The first kappa shape index (κ1) is 13.9. The van der Waals surface area contributed by atoms with Crippen LogP contribution >= 0.6 is 0 Å². The van der Waals surface area contributed by atoms with Crippen LogP contribution in [-0.2, 0) is 10.1 Å². The topological polar surface area (TPSA) is 66.4 Å². The third-order valence-electron chi connectivity index (χ3n) is 2.17. The van der Waals surface area contributed by atoms with Crippen LogP contribution in [0.3, 0.4) is 0 Å². The van der Waals surface area contributed by atoms with E-state index in [9.17, 15) is 8.42 Å². The van der Waals surface area contributed by atoms with Gasteiger partial charge in [0.2, 0.25) is 0 Å². The maximum atomic E-state index is 10.8. The molecule has 0 fully saturated rings. The number of nitrogens with one attached hydrogen (secondary N) is 1. The van der Waals surface area contributed by atoms with Crippen LogP contribution in [0.4, 0.5) is 0 Å². The van der Waals surface area contributed by atoms with Gasteiger partial charge in [-0.15, -0.1) is 0 Å². The molecule has 0 aliphatic carbocycles. The first-order valence-electron chi connectivity index (χ1n) is 4.62. The summed E-state index contributed by atoms with van der Waals surface area (Å²) in [5.74, 6) is -0.203. The highest BCUT2D eigenvalue weighted by Gasteiger charge is 2.31. The van der Waals surface area contributed by atoms with Crippen molar-refractivity contribution in [1.29, 1.82) is 0 Å². The minimum atomic E-state index is -3.89. The van der Waals surface area contributed by atoms with Crippen molar-refractivity contribution in [2.75, 3.05) is 12.8 Å². The Bertz CT molecular complexity index is 280. The molecular weight excluding hydrogens is 202 g/mol. The Morgan fingerprint density at radius 1 is 1.21 bits per heavy atom. The van der Waals surface area contributed by atoms with Crippen LogP contribution < -0.4 is 5.32 Å². The molecule has 5 heteroatoms. The van der Waals surface area contributed by atoms with Crippen LogP contribution in [0.1, 0.15) is 34.1 Å². The van der Waals surface area contributed by atoms with Crippen LogP contribution in [0.2, 0.25) is 0 Å². The first-order valence-corrected chi connectivity index (χ1v) is 6.22. The summed E-state index contributed by atoms with van der Waals surface area (Å²) in [5, 5.41) is 3.11. The second kappa shape index (κ2) is 4.16. The third kappa shape index (κ3) is 6.34. The molecule has 0 rings (SSSR count). The zero-order valence-corrected chi connectivity index (χ0v) is 10.4. The molecule has 0 atom stereocenters. The highest BCUT2D eigenvalue weighted by atomic mass is 32.2. The first-order chi connectivity index (χ1) is 5.97. The largest absolute Gasteiger partial charge is 0.315 e. The van der Waals surface area contributed by atoms with Gasteiger partial charge < -0.3 is 5.32 Å². The Labute approximate surface area is 86.8 Å². The van der Waals surface area contributed by atoms with Crippen LogP contribution in [0, 0.1) is 5.41 Å². The Morgan fingerprint density at radius 3 is 1.93 bits per heavy atom. The monoisotopic (exact) mass is 223 g/mol. The lowest BCUT2D eigenvalue weighted by Crippen LogP contribution is -2.42. The van der Waals surface area contributed by atoms with E-state index in [0.29, 0.717) is 6.42 Å². The van der Waals surface area contributed by atoms with Gasteiger partial charge in [0.1, 0.15) is 0 Å². The second-order valence-corrected chi connectivity index (χ2v) is 6.65. The fourth-order valence-electron chi connectivity index (χ4n) is 1.83. The summed E-state index contributed by atoms with van der Waals surface area (Å²) in [6, 6.07) is 0. The molecule has 0 aromatic carbocycles. The molecule has 0 amide bonds. The fraction of sp³-hybridized carbons (Fsp3) is 1.00. The molecule has 0 aromatic rings. The average Bonchev–Trinajstić information content (AvgIpc) is 1.78. The molecule has 0 aliphatic heterocycles. The summed E-state index contributed by atoms with van der Waals surface area (Å²) in [4.78, 5) is 0. The van der Waals surface area contributed by atoms with Crippen molar-refractivity contribution in [2.24, 2.45) is 5.41 Å². The average molecular weight is 223 g/mol. The van der Waals surface area contributed by atoms with E-state index in [4.69, 9.17) is 4.55 Å². The highest BCUT2D eigenvalue weighted by Crippen LogP contribution is 2.28. The number of hydrogen-bond donors (Lipinski definition) is 2. The van der Waals surface area contributed by atoms with Gasteiger partial charge in [0.25, 0.3) is 10.1 Å². The summed E-state index contributed by atoms with van der Waals surface area (Å²) < 4.78 is 30.3. The molecule has 0 aromatic heterocycles. The minimum absolute atomic E-state index is 0.131. The number of hydrogen-bond acceptors (Lipinski definition) is 3. The summed E-state index contributed by atoms with van der Waals surface area (Å²) in [6.45, 7) is 7.66. The van der Waals surface area contributed by atoms with Crippen molar-refractivity contribution in [3.63, 3.8) is 0 Å². The van der Waals surface area contributed by atoms with Gasteiger partial charge in [0.15, 0.2) is 0 Å². The van der Waals surface area contributed by atoms with E-state index in [2.05, 4.69) is 5.32 Å². The normalized spacial score (nSPS) is 14.4. The smallest absolute Gasteiger partial charge is 0.265 e. The van der Waals surface area contributed by atoms with Crippen molar-refractivity contribution in [1.82, 2.24) is 5.32 Å². The Hall–Kier alpha value is -0.130. The molecule has 0 unspecified atom stereocenters. The van der Waals surface area contributed by atoms with Crippen molar-refractivity contribution >= 4 is 10.1 Å². The Kier molecular flexibility index (Phi) is 4.12. The van der Waals surface area contributed by atoms with Gasteiger partial charge in [0, 0.05) is 5.54 Å². The van der Waals surface area contributed by atoms with E-state index in [1.807, 2.05) is 34.7 Å². The van der Waals surface area contributed by atoms with Crippen LogP contribution in [-0.4, -0.2) is 31.3 Å². The lowest BCUT2D eigenvalue weighted by atomic mass is 9.82. The molecule has 86 valence electrons. The van der Waals surface area contributed by atoms with Crippen molar-refractivity contribution in [3.05, 3.63) is 0 Å². The van der Waals surface area contributed by atoms with Gasteiger partial charge in [-0.2, -0.15) is 8.42 Å². The molecule has 0 heterocycles. The van der Waals surface area contributed by atoms with Crippen molar-refractivity contribution < 1.29 is 13.0 Å². The van der Waals surface area contributed by atoms with E-state index >= 15 is 0 Å². The minimum Gasteiger partial charge on any atom is -0.315 e. The van der Waals surface area contributed by atoms with Crippen LogP contribution in [0.15, 0.2) is 0 Å². The lowest BCUT2D eigenvalue weighted by Gasteiger charge is -2.33. The molecule has 0 saturated heterocycles. The van der Waals surface area contributed by atoms with E-state index in [1.54, 1.807) is 0 Å². The highest BCUT2D eigenvalue weighted by molar-refractivity contribution is 7.85. The van der Waals surface area contributed by atoms with E-state index < -0.39 is 15.5 Å². The molecule has 2 N–H and O–H groups in total. The summed E-state index contributed by atoms with van der Waals surface area (Å²) >= 11 is 0. The Morgan fingerprint density at radius 2 is 1.64 bits per heavy atom. The zero-order chi connectivity index (χ0) is 11.6. The summed E-state index contributed by atoms with van der Waals surface area (Å²) in [7, 11) is -2.05. The third-order valence-corrected chi connectivity index (χ3v) is 3.32. The maximum Gasteiger partial charge on any atom is 0.265 e. The van der Waals surface area contributed by atoms with Gasteiger partial charge in [-0.05, 0) is 32.7 Å². The van der Waals surface area contributed by atoms with E-state index in [0.717, 1.165) is 0 Å². The predicted molar refractivity (Wildman–Crippen MR) is 58.0 cm³/mol. The fourth-order valence-corrected chi connectivity index (χ4v) is 2.92. The molecule has 4 nitrogen and oxygen atoms in total. The number of rotatable bonds is 5. The van der Waals surface area contributed by atoms with Crippen molar-refractivity contribution in [2.45, 2.75) is 39.7 Å². The van der Waals surface area contributed by atoms with Gasteiger partial charge in [0.05, 0.1) is 5.75 Å². The SMILES string of the molecule is CNC(C)(C)CC(C)(C)CS(=O)(=O)O. The van der Waals surface area contributed by atoms with Gasteiger partial charge in [-0.3, -0.25) is 4.55 Å². The molecule has 0 aliphatic rings. The van der Waals surface area contributed by atoms with Crippen molar-refractivity contribution in [3.8, 4) is 0 Å². The second-order valence-electron chi connectivity index (χ2n) is 5.20. The predicted octanol–water partition coefficient (Wildman–Crippen LogP) is 1.29. The summed E-state index contributed by atoms with van der Waals surface area (Å²) in [6.07, 6.45) is 0.677. The standard InChI is InChI=1S/C9H21NO3S/c1-8(2,7-14(11,12)13)6-9(3,4)10-5/h10H,6-7H2,1-5H3,(H,11,12,13). The quantitative estimate of drug-likeness (QED) is 0.689. The molecule has 0 bridgehead atoms. The zero-order valence-electron chi connectivity index (χ0n) is 9.59. The van der Waals surface area contributed by atoms with Gasteiger partial charge in [-0.25, -0.2) is 0 Å². The molecular formula is C9H21NO3S. The van der Waals surface area contributed by atoms with E-state index in [1.165, 1.54) is 0 Å². The Balaban J connectivity index is 4.50. The van der Waals surface area contributed by atoms with Gasteiger partial charge >= 0.3 is 0 Å². The van der Waals surface area contributed by atoms with Gasteiger partial charge in [-0.1, -0.05) is 13.8 Å². The lowest BCUT2D eigenvalue weighted by molar-refractivity contribution is 0.252. The molecule has 0 radical (unpaired) electrons. The summed E-state index contributed by atoms with van der Waals surface area (Å²) in [5.41, 5.74) is -0.561. The molecule has 14 heavy (non-hydrogen) atoms. The maximum absolute atomic E-state index is 10.8.